The normalized spacial score (nSPS) is 25.0. The number of hydrogen-bond acceptors (Lipinski definition) is 10. The Morgan fingerprint density at radius 1 is 0.250 bits per heavy atom. The molecule has 3 rings (SSSR count). The van der Waals surface area contributed by atoms with Crippen molar-refractivity contribution in [1.29, 1.82) is 0 Å². The Labute approximate surface area is 500 Å². The van der Waals surface area contributed by atoms with E-state index in [2.05, 4.69) is 53.2 Å². The zero-order chi connectivity index (χ0) is 63.1. The summed E-state index contributed by atoms with van der Waals surface area (Å²) in [6, 6.07) is 5.81. The molecule has 2 aromatic carbocycles. The van der Waals surface area contributed by atoms with E-state index in [1.165, 1.54) is 0 Å². The predicted octanol–water partition coefficient (Wildman–Crippen LogP) is 4.92. The maximum absolute atomic E-state index is 14.7. The third-order valence-electron chi connectivity index (χ3n) is 14.4. The molecule has 1 fully saturated rings. The molecule has 0 saturated carbocycles. The summed E-state index contributed by atoms with van der Waals surface area (Å²) in [6.45, 7) is 29.4. The van der Waals surface area contributed by atoms with Crippen molar-refractivity contribution in [3.05, 3.63) is 71.8 Å². The summed E-state index contributed by atoms with van der Waals surface area (Å²) in [6.07, 6.45) is 0.827. The first-order valence-electron chi connectivity index (χ1n) is 30.5. The average molecular weight is 1170 g/mol. The van der Waals surface area contributed by atoms with Crippen LogP contribution in [0.25, 0.3) is 0 Å². The third-order valence-corrected chi connectivity index (χ3v) is 14.4. The number of hydrogen-bond donors (Lipinski definition) is 10. The van der Waals surface area contributed by atoms with Crippen molar-refractivity contribution >= 4 is 59.1 Å². The van der Waals surface area contributed by atoms with Crippen LogP contribution in [-0.4, -0.2) is 119 Å². The third kappa shape index (κ3) is 24.8. The lowest BCUT2D eigenvalue weighted by Gasteiger charge is -2.31. The van der Waals surface area contributed by atoms with E-state index in [1.807, 2.05) is 95.2 Å². The van der Waals surface area contributed by atoms with E-state index in [4.69, 9.17) is 0 Å². The minimum absolute atomic E-state index is 0.00287. The highest BCUT2D eigenvalue weighted by atomic mass is 16.2. The van der Waals surface area contributed by atoms with E-state index in [0.29, 0.717) is 11.1 Å². The van der Waals surface area contributed by atoms with Gasteiger partial charge in [-0.2, -0.15) is 0 Å². The van der Waals surface area contributed by atoms with Gasteiger partial charge in [0.25, 0.3) is 0 Å². The van der Waals surface area contributed by atoms with Gasteiger partial charge in [0, 0.05) is 12.8 Å². The molecule has 0 radical (unpaired) electrons. The maximum atomic E-state index is 14.7. The minimum atomic E-state index is -1.27. The van der Waals surface area contributed by atoms with E-state index in [-0.39, 0.29) is 86.9 Å². The zero-order valence-corrected chi connectivity index (χ0v) is 52.9. The zero-order valence-electron chi connectivity index (χ0n) is 52.9. The highest BCUT2D eigenvalue weighted by Crippen LogP contribution is 2.17. The Hall–Kier alpha value is -6.86. The largest absolute Gasteiger partial charge is 0.343 e. The summed E-state index contributed by atoms with van der Waals surface area (Å²) in [5.41, 5.74) is 1.38. The molecular weight excluding hydrogens is 1070 g/mol. The monoisotopic (exact) mass is 1170 g/mol. The van der Waals surface area contributed by atoms with Gasteiger partial charge in [-0.25, -0.2) is 0 Å². The van der Waals surface area contributed by atoms with Crippen LogP contribution in [0.3, 0.4) is 0 Å². The van der Waals surface area contributed by atoms with E-state index in [1.54, 1.807) is 76.2 Å². The first-order chi connectivity index (χ1) is 39.3. The number of carbonyl (C=O) groups excluding carboxylic acids is 10. The molecule has 0 aliphatic carbocycles. The summed E-state index contributed by atoms with van der Waals surface area (Å²) in [4.78, 5) is 146. The van der Waals surface area contributed by atoms with Gasteiger partial charge in [-0.05, 0) is 97.0 Å². The Kier molecular flexibility index (Phi) is 29.6. The van der Waals surface area contributed by atoms with Crippen molar-refractivity contribution in [3.63, 3.8) is 0 Å². The summed E-state index contributed by atoms with van der Waals surface area (Å²) in [7, 11) is 0. The van der Waals surface area contributed by atoms with Gasteiger partial charge in [-0.3, -0.25) is 47.9 Å². The Morgan fingerprint density at radius 2 is 0.429 bits per heavy atom. The molecule has 84 heavy (non-hydrogen) atoms. The second kappa shape index (κ2) is 34.8. The van der Waals surface area contributed by atoms with Gasteiger partial charge in [-0.15, -0.1) is 0 Å². The summed E-state index contributed by atoms with van der Waals surface area (Å²) in [5.74, 6) is -8.73. The van der Waals surface area contributed by atoms with Gasteiger partial charge in [0.15, 0.2) is 0 Å². The number of nitrogens with one attached hydrogen (secondary N) is 10. The lowest BCUT2D eigenvalue weighted by atomic mass is 9.96. The molecule has 2 aromatic rings. The van der Waals surface area contributed by atoms with Crippen LogP contribution in [0.1, 0.15) is 160 Å². The van der Waals surface area contributed by atoms with Crippen LogP contribution in [0.4, 0.5) is 0 Å². The highest BCUT2D eigenvalue weighted by molar-refractivity contribution is 5.99. The van der Waals surface area contributed by atoms with E-state index in [9.17, 15) is 47.9 Å². The lowest BCUT2D eigenvalue weighted by molar-refractivity contribution is -0.137. The first kappa shape index (κ1) is 71.4. The van der Waals surface area contributed by atoms with E-state index >= 15 is 0 Å². The van der Waals surface area contributed by atoms with Gasteiger partial charge >= 0.3 is 0 Å². The molecule has 1 saturated heterocycles. The minimum Gasteiger partial charge on any atom is -0.343 e. The van der Waals surface area contributed by atoms with Crippen LogP contribution in [-0.2, 0) is 60.8 Å². The van der Waals surface area contributed by atoms with Crippen molar-refractivity contribution in [1.82, 2.24) is 53.2 Å². The molecule has 0 aromatic heterocycles. The summed E-state index contributed by atoms with van der Waals surface area (Å²) in [5, 5.41) is 28.6. The molecule has 0 unspecified atom stereocenters. The van der Waals surface area contributed by atoms with Crippen molar-refractivity contribution in [2.45, 2.75) is 223 Å². The van der Waals surface area contributed by atoms with Gasteiger partial charge in [0.2, 0.25) is 59.1 Å². The Bertz CT molecular complexity index is 2310. The lowest BCUT2D eigenvalue weighted by Crippen LogP contribution is -2.62. The van der Waals surface area contributed by atoms with Crippen molar-refractivity contribution < 1.29 is 47.9 Å². The van der Waals surface area contributed by atoms with Gasteiger partial charge in [0.05, 0.1) is 0 Å². The highest BCUT2D eigenvalue weighted by Gasteiger charge is 2.39. The number of amides is 10. The fourth-order valence-electron chi connectivity index (χ4n) is 10.1. The molecule has 1 aliphatic rings. The van der Waals surface area contributed by atoms with Crippen molar-refractivity contribution in [2.24, 2.45) is 47.3 Å². The Morgan fingerprint density at radius 3 is 0.631 bits per heavy atom. The SMILES string of the molecule is CC(C)C[C@@H]1NC(=O)[C@H](Cc2ccccc2)NC(=O)[C@@H](CC(C)C)NC(=O)[C@@H](C(C)C)NC(=O)[C@@H](CC(C)C)NC(=O)[C@H](CC(C)C)NC(=O)[C@H](Cc2ccccc2)NC(=O)[C@@H](CC(C)C)NC(=O)[C@@H](C(C)C)NC(=O)[C@H](CC(C)C)NC1=O. The molecule has 1 heterocycles. The standard InChI is InChI=1S/C64H102N10O10/c1-35(2)27-45-55(75)67-49(31-39(9)10)61(81)73-53(41(13)14)63(83)72-48(30-38(7)8)58(78)70-52(34-44-25-21-18-22-26-44)60(80)66-46(28-36(3)4)56(76)68-50(32-40(11)12)62(82)74-54(42(15)16)64(84)71-47(29-37(5)6)57(77)69-51(59(79)65-45)33-43-23-19-17-20-24-43/h17-26,35-42,45-54H,27-34H2,1-16H3,(H,65,79)(H,66,80)(H,67,75)(H,68,76)(H,69,77)(H,70,78)(H,71,84)(H,72,83)(H,73,81)(H,74,82)/t45-,46-,47+,48+,49-,50+,51-,52-,53+,54+/m0/s1. The molecule has 468 valence electrons. The van der Waals surface area contributed by atoms with Crippen LogP contribution in [0.15, 0.2) is 60.7 Å². The smallest absolute Gasteiger partial charge is 0.243 e. The molecule has 0 spiro atoms. The fraction of sp³-hybridized carbons (Fsp3) is 0.656. The molecule has 10 amide bonds. The second-order valence-corrected chi connectivity index (χ2v) is 26.1. The number of carbonyl (C=O) groups is 10. The van der Waals surface area contributed by atoms with Crippen molar-refractivity contribution in [3.8, 4) is 0 Å². The summed E-state index contributed by atoms with van der Waals surface area (Å²) >= 11 is 0. The topological polar surface area (TPSA) is 291 Å². The van der Waals surface area contributed by atoms with Gasteiger partial charge in [0.1, 0.15) is 60.4 Å². The average Bonchev–Trinajstić information content (AvgIpc) is 3.36. The maximum Gasteiger partial charge on any atom is 0.243 e. The van der Waals surface area contributed by atoms with Crippen LogP contribution >= 0.6 is 0 Å². The molecule has 10 atom stereocenters. The molecule has 20 heteroatoms. The van der Waals surface area contributed by atoms with Crippen LogP contribution in [0, 0.1) is 47.3 Å². The molecular formula is C64H102N10O10. The quantitative estimate of drug-likeness (QED) is 0.0961. The number of benzene rings is 2. The molecule has 0 bridgehead atoms. The fourth-order valence-corrected chi connectivity index (χ4v) is 10.1. The van der Waals surface area contributed by atoms with Crippen LogP contribution in [0.5, 0.6) is 0 Å². The van der Waals surface area contributed by atoms with Crippen molar-refractivity contribution in [2.75, 3.05) is 0 Å². The summed E-state index contributed by atoms with van der Waals surface area (Å²) < 4.78 is 0. The predicted molar refractivity (Wildman–Crippen MR) is 326 cm³/mol. The van der Waals surface area contributed by atoms with E-state index < -0.39 is 131 Å². The number of rotatable bonds is 18. The van der Waals surface area contributed by atoms with Gasteiger partial charge < -0.3 is 53.2 Å². The van der Waals surface area contributed by atoms with E-state index in [0.717, 1.165) is 0 Å². The second-order valence-electron chi connectivity index (χ2n) is 26.1. The molecule has 10 N–H and O–H groups in total. The Balaban J connectivity index is 2.29. The van der Waals surface area contributed by atoms with Crippen LogP contribution in [0.2, 0.25) is 0 Å². The van der Waals surface area contributed by atoms with Gasteiger partial charge in [-0.1, -0.05) is 171 Å². The molecule has 20 nitrogen and oxygen atoms in total. The van der Waals surface area contributed by atoms with Crippen LogP contribution < -0.4 is 53.2 Å². The first-order valence-corrected chi connectivity index (χ1v) is 30.5. The molecule has 1 aliphatic heterocycles.